The number of rotatable bonds is 4. The summed E-state index contributed by atoms with van der Waals surface area (Å²) < 4.78 is 1.73. The Morgan fingerprint density at radius 3 is 2.44 bits per heavy atom. The maximum atomic E-state index is 13.1. The molecule has 1 amide bonds. The second-order valence-corrected chi connectivity index (χ2v) is 8.32. The molecule has 1 unspecified atom stereocenters. The Labute approximate surface area is 158 Å². The molecule has 0 radical (unpaired) electrons. The minimum Gasteiger partial charge on any atom is -0.331 e. The predicted molar refractivity (Wildman–Crippen MR) is 99.1 cm³/mol. The SMILES string of the molecule is O=C1CC(Cn2cc(C(=O)N3[C@@H]4CC[C@H]3CC(c3ccccc3)C4)nn2)C1. The lowest BCUT2D eigenvalue weighted by Gasteiger charge is -2.38. The van der Waals surface area contributed by atoms with Crippen molar-refractivity contribution in [3.8, 4) is 0 Å². The van der Waals surface area contributed by atoms with Crippen LogP contribution in [0.1, 0.15) is 60.5 Å². The summed E-state index contributed by atoms with van der Waals surface area (Å²) >= 11 is 0. The van der Waals surface area contributed by atoms with Gasteiger partial charge in [0.15, 0.2) is 5.69 Å². The van der Waals surface area contributed by atoms with E-state index in [1.807, 2.05) is 0 Å². The van der Waals surface area contributed by atoms with Crippen molar-refractivity contribution in [3.05, 3.63) is 47.8 Å². The Kier molecular flexibility index (Phi) is 4.06. The number of aromatic nitrogens is 3. The number of hydrogen-bond acceptors (Lipinski definition) is 4. The number of carbonyl (C=O) groups is 2. The van der Waals surface area contributed by atoms with Crippen molar-refractivity contribution in [1.82, 2.24) is 19.9 Å². The molecule has 6 nitrogen and oxygen atoms in total. The Morgan fingerprint density at radius 1 is 1.07 bits per heavy atom. The molecule has 1 aromatic heterocycles. The molecule has 27 heavy (non-hydrogen) atoms. The largest absolute Gasteiger partial charge is 0.331 e. The zero-order valence-electron chi connectivity index (χ0n) is 15.3. The maximum Gasteiger partial charge on any atom is 0.276 e. The lowest BCUT2D eigenvalue weighted by Crippen LogP contribution is -2.46. The Balaban J connectivity index is 1.27. The zero-order chi connectivity index (χ0) is 18.4. The van der Waals surface area contributed by atoms with Crippen molar-refractivity contribution in [1.29, 1.82) is 0 Å². The molecule has 3 heterocycles. The number of nitrogens with zero attached hydrogens (tertiary/aromatic N) is 4. The standard InChI is InChI=1S/C21H24N4O2/c26-19-8-14(9-19)12-24-13-20(22-23-24)21(27)25-17-6-7-18(25)11-16(10-17)15-4-2-1-3-5-15/h1-5,13-14,16-18H,6-12H2/t16?,17-,18+. The molecule has 0 N–H and O–H groups in total. The highest BCUT2D eigenvalue weighted by Gasteiger charge is 2.44. The number of amides is 1. The summed E-state index contributed by atoms with van der Waals surface area (Å²) in [5.41, 5.74) is 1.83. The van der Waals surface area contributed by atoms with Gasteiger partial charge in [-0.05, 0) is 43.1 Å². The maximum absolute atomic E-state index is 13.1. The van der Waals surface area contributed by atoms with Gasteiger partial charge in [0.2, 0.25) is 0 Å². The van der Waals surface area contributed by atoms with E-state index in [0.717, 1.165) is 25.7 Å². The molecule has 3 aliphatic rings. The van der Waals surface area contributed by atoms with Gasteiger partial charge in [0.25, 0.3) is 5.91 Å². The van der Waals surface area contributed by atoms with Gasteiger partial charge in [0.05, 0.1) is 6.20 Å². The third-order valence-electron chi connectivity index (χ3n) is 6.47. The van der Waals surface area contributed by atoms with Crippen LogP contribution in [-0.2, 0) is 11.3 Å². The second-order valence-electron chi connectivity index (χ2n) is 8.32. The van der Waals surface area contributed by atoms with Crippen LogP contribution in [0.5, 0.6) is 0 Å². The Morgan fingerprint density at radius 2 is 1.78 bits per heavy atom. The normalized spacial score (nSPS) is 27.6. The van der Waals surface area contributed by atoms with Gasteiger partial charge in [0, 0.05) is 31.5 Å². The molecule has 1 saturated carbocycles. The summed E-state index contributed by atoms with van der Waals surface area (Å²) in [4.78, 5) is 26.3. The van der Waals surface area contributed by atoms with Gasteiger partial charge < -0.3 is 4.90 Å². The molecule has 1 aliphatic carbocycles. The van der Waals surface area contributed by atoms with Crippen LogP contribution in [-0.4, -0.2) is 43.7 Å². The van der Waals surface area contributed by atoms with Crippen LogP contribution in [0.4, 0.5) is 0 Å². The van der Waals surface area contributed by atoms with Crippen molar-refractivity contribution in [2.75, 3.05) is 0 Å². The number of Topliss-reactive ketones (excluding diaryl/α,β-unsaturated/α-hetero) is 1. The molecule has 1 aromatic carbocycles. The van der Waals surface area contributed by atoms with E-state index in [2.05, 4.69) is 45.5 Å². The Hall–Kier alpha value is -2.50. The molecule has 0 spiro atoms. The number of ketones is 1. The van der Waals surface area contributed by atoms with Gasteiger partial charge in [-0.15, -0.1) is 5.10 Å². The van der Waals surface area contributed by atoms with Gasteiger partial charge >= 0.3 is 0 Å². The monoisotopic (exact) mass is 364 g/mol. The summed E-state index contributed by atoms with van der Waals surface area (Å²) in [7, 11) is 0. The fourth-order valence-electron chi connectivity index (χ4n) is 5.10. The van der Waals surface area contributed by atoms with Gasteiger partial charge in [-0.2, -0.15) is 0 Å². The number of fused-ring (bicyclic) bond motifs is 2. The smallest absolute Gasteiger partial charge is 0.276 e. The predicted octanol–water partition coefficient (Wildman–Crippen LogP) is 2.81. The quantitative estimate of drug-likeness (QED) is 0.837. The topological polar surface area (TPSA) is 68.1 Å². The third kappa shape index (κ3) is 3.07. The average molecular weight is 364 g/mol. The van der Waals surface area contributed by atoms with Crippen LogP contribution in [0.15, 0.2) is 36.5 Å². The lowest BCUT2D eigenvalue weighted by atomic mass is 9.84. The van der Waals surface area contributed by atoms with Gasteiger partial charge in [-0.1, -0.05) is 35.5 Å². The summed E-state index contributed by atoms with van der Waals surface area (Å²) in [6.07, 6.45) is 7.24. The van der Waals surface area contributed by atoms with E-state index in [1.165, 1.54) is 5.56 Å². The van der Waals surface area contributed by atoms with Gasteiger partial charge in [-0.25, -0.2) is 0 Å². The highest BCUT2D eigenvalue weighted by molar-refractivity contribution is 5.92. The number of hydrogen-bond donors (Lipinski definition) is 0. The van der Waals surface area contributed by atoms with E-state index >= 15 is 0 Å². The van der Waals surface area contributed by atoms with Gasteiger partial charge in [-0.3, -0.25) is 14.3 Å². The van der Waals surface area contributed by atoms with Crippen molar-refractivity contribution < 1.29 is 9.59 Å². The molecule has 140 valence electrons. The Bertz CT molecular complexity index is 840. The first-order valence-electron chi connectivity index (χ1n) is 9.97. The minimum absolute atomic E-state index is 0.0185. The third-order valence-corrected chi connectivity index (χ3v) is 6.47. The van der Waals surface area contributed by atoms with Crippen molar-refractivity contribution >= 4 is 11.7 Å². The molecule has 2 aliphatic heterocycles. The number of benzene rings is 1. The minimum atomic E-state index is 0.0185. The first-order chi connectivity index (χ1) is 13.2. The summed E-state index contributed by atoms with van der Waals surface area (Å²) in [5, 5.41) is 8.25. The van der Waals surface area contributed by atoms with Crippen molar-refractivity contribution in [3.63, 3.8) is 0 Å². The molecule has 6 heteroatoms. The van der Waals surface area contributed by atoms with E-state index in [4.69, 9.17) is 0 Å². The first kappa shape index (κ1) is 16.7. The fourth-order valence-corrected chi connectivity index (χ4v) is 5.10. The van der Waals surface area contributed by atoms with Crippen LogP contribution in [0.25, 0.3) is 0 Å². The average Bonchev–Trinajstić information content (AvgIpc) is 3.23. The zero-order valence-corrected chi connectivity index (χ0v) is 15.3. The van der Waals surface area contributed by atoms with E-state index in [9.17, 15) is 9.59 Å². The molecule has 3 fully saturated rings. The molecule has 2 bridgehead atoms. The molecular weight excluding hydrogens is 340 g/mol. The number of carbonyl (C=O) groups excluding carboxylic acids is 2. The summed E-state index contributed by atoms with van der Waals surface area (Å²) in [6, 6.07) is 11.3. The van der Waals surface area contributed by atoms with E-state index < -0.39 is 0 Å². The highest BCUT2D eigenvalue weighted by Crippen LogP contribution is 2.43. The molecule has 5 rings (SSSR count). The lowest BCUT2D eigenvalue weighted by molar-refractivity contribution is -0.127. The second kappa shape index (κ2) is 6.59. The number of piperidine rings is 1. The van der Waals surface area contributed by atoms with Crippen molar-refractivity contribution in [2.24, 2.45) is 5.92 Å². The van der Waals surface area contributed by atoms with E-state index in [1.54, 1.807) is 10.9 Å². The molecule has 2 saturated heterocycles. The summed E-state index contributed by atoms with van der Waals surface area (Å²) in [5.74, 6) is 1.22. The first-order valence-corrected chi connectivity index (χ1v) is 9.97. The van der Waals surface area contributed by atoms with Crippen LogP contribution in [0.3, 0.4) is 0 Å². The van der Waals surface area contributed by atoms with Crippen LogP contribution < -0.4 is 0 Å². The van der Waals surface area contributed by atoms with Crippen LogP contribution in [0.2, 0.25) is 0 Å². The molecule has 2 aromatic rings. The van der Waals surface area contributed by atoms with Crippen molar-refractivity contribution in [2.45, 2.75) is 63.1 Å². The van der Waals surface area contributed by atoms with Crippen LogP contribution in [0, 0.1) is 5.92 Å². The molecular formula is C21H24N4O2. The highest BCUT2D eigenvalue weighted by atomic mass is 16.2. The summed E-state index contributed by atoms with van der Waals surface area (Å²) in [6.45, 7) is 0.676. The van der Waals surface area contributed by atoms with Gasteiger partial charge in [0.1, 0.15) is 5.78 Å². The fraction of sp³-hybridized carbons (Fsp3) is 0.524. The molecule has 3 atom stereocenters. The van der Waals surface area contributed by atoms with E-state index in [0.29, 0.717) is 54.8 Å². The van der Waals surface area contributed by atoms with Crippen LogP contribution >= 0.6 is 0 Å². The van der Waals surface area contributed by atoms with E-state index in [-0.39, 0.29) is 5.91 Å².